The van der Waals surface area contributed by atoms with E-state index in [9.17, 15) is 9.90 Å². The summed E-state index contributed by atoms with van der Waals surface area (Å²) >= 11 is 0. The third kappa shape index (κ3) is 6.27. The van der Waals surface area contributed by atoms with Gasteiger partial charge in [-0.3, -0.25) is 0 Å². The number of anilines is 1. The molecule has 0 amide bonds. The van der Waals surface area contributed by atoms with Gasteiger partial charge in [0.2, 0.25) is 0 Å². The maximum absolute atomic E-state index is 11.7. The van der Waals surface area contributed by atoms with Gasteiger partial charge in [0.1, 0.15) is 11.9 Å². The molecule has 1 aromatic heterocycles. The van der Waals surface area contributed by atoms with Crippen molar-refractivity contribution in [2.24, 2.45) is 11.3 Å². The Bertz CT molecular complexity index is 831. The second-order valence-electron chi connectivity index (χ2n) is 10.2. The van der Waals surface area contributed by atoms with Crippen LogP contribution >= 0.6 is 0 Å². The molecule has 0 spiro atoms. The summed E-state index contributed by atoms with van der Waals surface area (Å²) in [6.07, 6.45) is 8.97. The molecule has 2 aliphatic heterocycles. The monoisotopic (exact) mass is 457 g/mol. The van der Waals surface area contributed by atoms with Gasteiger partial charge in [0, 0.05) is 49.6 Å². The van der Waals surface area contributed by atoms with Crippen molar-refractivity contribution in [3.05, 3.63) is 35.7 Å². The van der Waals surface area contributed by atoms with E-state index in [-0.39, 0.29) is 11.5 Å². The van der Waals surface area contributed by atoms with Crippen LogP contribution in [0.1, 0.15) is 63.1 Å². The largest absolute Gasteiger partial charge is 0.480 e. The van der Waals surface area contributed by atoms with E-state index in [1.807, 2.05) is 0 Å². The molecule has 0 unspecified atom stereocenters. The van der Waals surface area contributed by atoms with Crippen molar-refractivity contribution in [1.29, 1.82) is 0 Å². The molecule has 1 aliphatic carbocycles. The lowest BCUT2D eigenvalue weighted by atomic mass is 9.79. The fraction of sp³-hybridized carbons (Fsp3) is 0.692. The van der Waals surface area contributed by atoms with Crippen LogP contribution in [0.2, 0.25) is 0 Å². The number of carbonyl (C=O) groups is 1. The molecule has 2 fully saturated rings. The van der Waals surface area contributed by atoms with Gasteiger partial charge in [0.05, 0.1) is 6.10 Å². The molecule has 1 aromatic rings. The summed E-state index contributed by atoms with van der Waals surface area (Å²) in [4.78, 5) is 16.5. The Morgan fingerprint density at radius 1 is 1.39 bits per heavy atom. The predicted molar refractivity (Wildman–Crippen MR) is 128 cm³/mol. The average molecular weight is 458 g/mol. The van der Waals surface area contributed by atoms with Crippen molar-refractivity contribution in [2.45, 2.75) is 76.9 Å². The minimum atomic E-state index is -0.853. The highest BCUT2D eigenvalue weighted by Gasteiger charge is 2.33. The van der Waals surface area contributed by atoms with Crippen LogP contribution in [-0.2, 0) is 27.1 Å². The molecule has 3 N–H and O–H groups in total. The van der Waals surface area contributed by atoms with Crippen LogP contribution in [0.3, 0.4) is 0 Å². The molecule has 7 heteroatoms. The van der Waals surface area contributed by atoms with Gasteiger partial charge in [-0.15, -0.1) is 0 Å². The first kappa shape index (κ1) is 24.0. The van der Waals surface area contributed by atoms with Crippen LogP contribution in [0.15, 0.2) is 24.4 Å². The fourth-order valence-corrected chi connectivity index (χ4v) is 5.02. The van der Waals surface area contributed by atoms with Crippen molar-refractivity contribution in [3.63, 3.8) is 0 Å². The lowest BCUT2D eigenvalue weighted by Gasteiger charge is -2.37. The summed E-state index contributed by atoms with van der Waals surface area (Å²) < 4.78 is 11.4. The van der Waals surface area contributed by atoms with Crippen molar-refractivity contribution < 1.29 is 19.4 Å². The molecule has 0 aromatic carbocycles. The van der Waals surface area contributed by atoms with Gasteiger partial charge in [-0.05, 0) is 68.9 Å². The highest BCUT2D eigenvalue weighted by molar-refractivity contribution is 5.73. The summed E-state index contributed by atoms with van der Waals surface area (Å²) in [5.41, 5.74) is 3.19. The van der Waals surface area contributed by atoms with E-state index in [2.05, 4.69) is 36.3 Å². The van der Waals surface area contributed by atoms with E-state index in [0.29, 0.717) is 32.2 Å². The summed E-state index contributed by atoms with van der Waals surface area (Å²) in [5, 5.41) is 16.2. The smallest absolute Gasteiger partial charge is 0.326 e. The van der Waals surface area contributed by atoms with E-state index in [1.165, 1.54) is 17.7 Å². The van der Waals surface area contributed by atoms with Crippen LogP contribution in [0.25, 0.3) is 0 Å². The molecule has 3 aliphatic rings. The Balaban J connectivity index is 1.13. The number of ether oxygens (including phenoxy) is 2. The summed E-state index contributed by atoms with van der Waals surface area (Å²) in [5.74, 6) is 0.889. The molecule has 33 heavy (non-hydrogen) atoms. The molecule has 7 nitrogen and oxygen atoms in total. The number of aliphatic carboxylic acids is 1. The zero-order valence-electron chi connectivity index (χ0n) is 19.9. The maximum Gasteiger partial charge on any atom is 0.326 e. The number of carboxylic acids is 1. The number of aromatic nitrogens is 1. The lowest BCUT2D eigenvalue weighted by molar-refractivity contribution is -0.140. The number of hydrogen-bond acceptors (Lipinski definition) is 6. The van der Waals surface area contributed by atoms with E-state index >= 15 is 0 Å². The summed E-state index contributed by atoms with van der Waals surface area (Å²) in [6.45, 7) is 9.13. The molecule has 0 radical (unpaired) electrons. The third-order valence-corrected chi connectivity index (χ3v) is 7.68. The lowest BCUT2D eigenvalue weighted by Crippen LogP contribution is -2.43. The molecule has 1 saturated carbocycles. The van der Waals surface area contributed by atoms with Crippen molar-refractivity contribution in [1.82, 2.24) is 10.3 Å². The number of aryl methyl sites for hydroxylation is 2. The Morgan fingerprint density at radius 3 is 2.94 bits per heavy atom. The SMILES string of the molecule is C=C(N[C@@H](CCO[C@H]1C[C@H](CCc2ccc3c(n2)NCCC3)C1)C(=O)O)C1(C)CCOCC1. The van der Waals surface area contributed by atoms with Crippen molar-refractivity contribution in [2.75, 3.05) is 31.7 Å². The topological polar surface area (TPSA) is 92.7 Å². The van der Waals surface area contributed by atoms with Crippen LogP contribution < -0.4 is 10.6 Å². The number of fused-ring (bicyclic) bond motifs is 1. The van der Waals surface area contributed by atoms with E-state index in [1.54, 1.807) is 0 Å². The number of hydrogen-bond donors (Lipinski definition) is 3. The molecule has 3 heterocycles. The highest BCUT2D eigenvalue weighted by atomic mass is 16.5. The number of rotatable bonds is 11. The highest BCUT2D eigenvalue weighted by Crippen LogP contribution is 2.36. The molecular formula is C26H39N3O4. The minimum absolute atomic E-state index is 0.114. The Kier molecular flexibility index (Phi) is 7.91. The quantitative estimate of drug-likeness (QED) is 0.464. The predicted octanol–water partition coefficient (Wildman–Crippen LogP) is 3.93. The van der Waals surface area contributed by atoms with Gasteiger partial charge in [0.15, 0.2) is 0 Å². The van der Waals surface area contributed by atoms with Gasteiger partial charge in [-0.1, -0.05) is 19.6 Å². The first-order valence-corrected chi connectivity index (χ1v) is 12.5. The van der Waals surface area contributed by atoms with Crippen LogP contribution in [0.4, 0.5) is 5.82 Å². The van der Waals surface area contributed by atoms with Gasteiger partial charge < -0.3 is 25.2 Å². The van der Waals surface area contributed by atoms with Crippen LogP contribution in [-0.4, -0.2) is 54.6 Å². The van der Waals surface area contributed by atoms with E-state index in [4.69, 9.17) is 14.5 Å². The van der Waals surface area contributed by atoms with Crippen LogP contribution in [0.5, 0.6) is 0 Å². The van der Waals surface area contributed by atoms with E-state index < -0.39 is 12.0 Å². The normalized spacial score (nSPS) is 24.6. The van der Waals surface area contributed by atoms with Gasteiger partial charge in [-0.2, -0.15) is 0 Å². The summed E-state index contributed by atoms with van der Waals surface area (Å²) in [6, 6.07) is 3.73. The molecule has 4 rings (SSSR count). The first-order chi connectivity index (χ1) is 15.9. The standard InChI is InChI=1S/C26H39N3O4/c1-18(26(2)10-14-32-15-11-26)28-23(25(30)31)9-13-33-22-16-19(17-22)5-7-21-8-6-20-4-3-12-27-24(20)29-21/h6,8,19,22-23,28H,1,3-5,7,9-17H2,2H3,(H,27,29)(H,30,31)/t19-,22-,23-/m0/s1. The second kappa shape index (κ2) is 10.9. The Morgan fingerprint density at radius 2 is 2.18 bits per heavy atom. The average Bonchev–Trinajstić information content (AvgIpc) is 2.79. The molecule has 182 valence electrons. The fourth-order valence-electron chi connectivity index (χ4n) is 5.02. The minimum Gasteiger partial charge on any atom is -0.480 e. The third-order valence-electron chi connectivity index (χ3n) is 7.68. The number of pyridine rings is 1. The van der Waals surface area contributed by atoms with Gasteiger partial charge >= 0.3 is 5.97 Å². The maximum atomic E-state index is 11.7. The Hall–Kier alpha value is -2.12. The van der Waals surface area contributed by atoms with Gasteiger partial charge in [0.25, 0.3) is 0 Å². The number of allylic oxidation sites excluding steroid dienone is 1. The first-order valence-electron chi connectivity index (χ1n) is 12.5. The molecule has 1 atom stereocenters. The number of carboxylic acid groups (broad SMARTS) is 1. The van der Waals surface area contributed by atoms with Gasteiger partial charge in [-0.25, -0.2) is 9.78 Å². The second-order valence-corrected chi connectivity index (χ2v) is 10.2. The van der Waals surface area contributed by atoms with E-state index in [0.717, 1.165) is 63.0 Å². The molecule has 0 bridgehead atoms. The van der Waals surface area contributed by atoms with Crippen molar-refractivity contribution in [3.8, 4) is 0 Å². The zero-order valence-corrected chi connectivity index (χ0v) is 19.9. The molecule has 1 saturated heterocycles. The zero-order chi connectivity index (χ0) is 23.3. The Labute approximate surface area is 197 Å². The number of nitrogens with one attached hydrogen (secondary N) is 2. The summed E-state index contributed by atoms with van der Waals surface area (Å²) in [7, 11) is 0. The van der Waals surface area contributed by atoms with Crippen LogP contribution in [0, 0.1) is 11.3 Å². The molecular weight excluding hydrogens is 418 g/mol. The van der Waals surface area contributed by atoms with Crippen molar-refractivity contribution >= 4 is 11.8 Å². The number of nitrogens with zero attached hydrogens (tertiary/aromatic N) is 1.